The van der Waals surface area contributed by atoms with E-state index in [4.69, 9.17) is 28.4 Å². The molecule has 34 heavy (non-hydrogen) atoms. The molecule has 2 aromatic carbocycles. The molecule has 0 N–H and O–H groups in total. The molecule has 1 saturated carbocycles. The molecular weight excluding hydrogens is 436 g/mol. The highest BCUT2D eigenvalue weighted by Gasteiger charge is 2.26. The summed E-state index contributed by atoms with van der Waals surface area (Å²) >= 11 is 0. The van der Waals surface area contributed by atoms with Crippen LogP contribution in [0.1, 0.15) is 43.6 Å². The van der Waals surface area contributed by atoms with Crippen LogP contribution in [0.4, 0.5) is 0 Å². The number of hydrogen-bond acceptors (Lipinski definition) is 7. The van der Waals surface area contributed by atoms with E-state index in [1.54, 1.807) is 0 Å². The third kappa shape index (κ3) is 7.11. The molecule has 3 fully saturated rings. The normalized spacial score (nSPS) is 25.3. The summed E-state index contributed by atoms with van der Waals surface area (Å²) in [5.41, 5.74) is 1.32. The molecule has 2 saturated heterocycles. The second-order valence-electron chi connectivity index (χ2n) is 9.14. The monoisotopic (exact) mass is 468 g/mol. The molecular formula is C27H32O7. The van der Waals surface area contributed by atoms with Crippen LogP contribution in [0.5, 0.6) is 17.2 Å². The summed E-state index contributed by atoms with van der Waals surface area (Å²) in [5.74, 6) is 2.68. The van der Waals surface area contributed by atoms with Gasteiger partial charge in [0.05, 0.1) is 26.2 Å². The summed E-state index contributed by atoms with van der Waals surface area (Å²) in [6.45, 7) is 3.08. The number of rotatable bonds is 12. The Morgan fingerprint density at radius 1 is 0.735 bits per heavy atom. The standard InChI is InChI=1S/C27H32O7/c28-27(13-14-29-21-9-11-23(12-10-21)31-16-26-18-33-26)34-24-7-3-20(4-8-24)19-1-5-22(6-2-19)30-15-25-17-32-25/h1-2,5-6,9-12,20,24-26H,3-4,7-8,13-18H2. The van der Waals surface area contributed by atoms with Crippen LogP contribution in [0.2, 0.25) is 0 Å². The van der Waals surface area contributed by atoms with Crippen molar-refractivity contribution in [3.63, 3.8) is 0 Å². The maximum atomic E-state index is 12.3. The first kappa shape index (κ1) is 23.0. The molecule has 2 heterocycles. The van der Waals surface area contributed by atoms with Crippen molar-refractivity contribution in [3.8, 4) is 17.2 Å². The number of carbonyl (C=O) groups is 1. The largest absolute Gasteiger partial charge is 0.493 e. The number of benzene rings is 2. The van der Waals surface area contributed by atoms with Crippen molar-refractivity contribution in [2.75, 3.05) is 33.0 Å². The first-order chi connectivity index (χ1) is 16.7. The van der Waals surface area contributed by atoms with Gasteiger partial charge in [0.1, 0.15) is 48.8 Å². The Balaban J connectivity index is 0.964. The van der Waals surface area contributed by atoms with Crippen LogP contribution in [0.3, 0.4) is 0 Å². The van der Waals surface area contributed by atoms with E-state index >= 15 is 0 Å². The molecule has 0 bridgehead atoms. The van der Waals surface area contributed by atoms with Crippen molar-refractivity contribution in [2.24, 2.45) is 0 Å². The minimum atomic E-state index is -0.200. The lowest BCUT2D eigenvalue weighted by molar-refractivity contribution is -0.151. The lowest BCUT2D eigenvalue weighted by atomic mass is 9.83. The average molecular weight is 469 g/mol. The number of esters is 1. The van der Waals surface area contributed by atoms with Crippen LogP contribution < -0.4 is 14.2 Å². The van der Waals surface area contributed by atoms with E-state index < -0.39 is 0 Å². The van der Waals surface area contributed by atoms with Crippen LogP contribution in [-0.4, -0.2) is 57.3 Å². The molecule has 0 amide bonds. The van der Waals surface area contributed by atoms with Gasteiger partial charge in [0, 0.05) is 0 Å². The molecule has 0 spiro atoms. The van der Waals surface area contributed by atoms with Crippen LogP contribution in [0.25, 0.3) is 0 Å². The average Bonchev–Trinajstić information content (AvgIpc) is 3.79. The van der Waals surface area contributed by atoms with E-state index in [9.17, 15) is 4.79 Å². The molecule has 7 nitrogen and oxygen atoms in total. The fraction of sp³-hybridized carbons (Fsp3) is 0.519. The van der Waals surface area contributed by atoms with Gasteiger partial charge in [-0.2, -0.15) is 0 Å². The predicted molar refractivity (Wildman–Crippen MR) is 125 cm³/mol. The number of carbonyl (C=O) groups excluding carboxylic acids is 1. The van der Waals surface area contributed by atoms with E-state index in [1.807, 2.05) is 36.4 Å². The molecule has 7 heteroatoms. The zero-order valence-corrected chi connectivity index (χ0v) is 19.4. The quantitative estimate of drug-likeness (QED) is 0.340. The fourth-order valence-corrected chi connectivity index (χ4v) is 4.19. The van der Waals surface area contributed by atoms with Gasteiger partial charge in [0.25, 0.3) is 0 Å². The van der Waals surface area contributed by atoms with Crippen LogP contribution >= 0.6 is 0 Å². The molecule has 5 rings (SSSR count). The Morgan fingerprint density at radius 2 is 1.24 bits per heavy atom. The highest BCUT2D eigenvalue weighted by atomic mass is 16.6. The van der Waals surface area contributed by atoms with E-state index in [-0.39, 0.29) is 30.7 Å². The SMILES string of the molecule is O=C(CCOc1ccc(OCC2CO2)cc1)OC1CCC(c2ccc(OCC3CO3)cc2)CC1. The summed E-state index contributed by atoms with van der Waals surface area (Å²) in [5, 5.41) is 0. The minimum Gasteiger partial charge on any atom is -0.493 e. The Bertz CT molecular complexity index is 911. The van der Waals surface area contributed by atoms with Gasteiger partial charge in [-0.1, -0.05) is 12.1 Å². The Morgan fingerprint density at radius 3 is 1.76 bits per heavy atom. The van der Waals surface area contributed by atoms with E-state index in [2.05, 4.69) is 12.1 Å². The maximum Gasteiger partial charge on any atom is 0.309 e. The Labute approximate surface area is 200 Å². The van der Waals surface area contributed by atoms with Crippen molar-refractivity contribution < 1.29 is 33.2 Å². The summed E-state index contributed by atoms with van der Waals surface area (Å²) < 4.78 is 33.0. The molecule has 0 radical (unpaired) electrons. The number of ether oxygens (including phenoxy) is 6. The van der Waals surface area contributed by atoms with Crippen molar-refractivity contribution >= 4 is 5.97 Å². The fourth-order valence-electron chi connectivity index (χ4n) is 4.19. The summed E-state index contributed by atoms with van der Waals surface area (Å²) in [7, 11) is 0. The topological polar surface area (TPSA) is 79.1 Å². The molecule has 2 aliphatic heterocycles. The van der Waals surface area contributed by atoms with Gasteiger partial charge >= 0.3 is 5.97 Å². The van der Waals surface area contributed by atoms with Crippen LogP contribution in [-0.2, 0) is 19.0 Å². The molecule has 2 atom stereocenters. The second-order valence-corrected chi connectivity index (χ2v) is 9.14. The molecule has 182 valence electrons. The van der Waals surface area contributed by atoms with Gasteiger partial charge in [-0.05, 0) is 73.6 Å². The van der Waals surface area contributed by atoms with Gasteiger partial charge in [-0.25, -0.2) is 0 Å². The molecule has 1 aliphatic carbocycles. The zero-order valence-electron chi connectivity index (χ0n) is 19.4. The number of hydrogen-bond donors (Lipinski definition) is 0. The van der Waals surface area contributed by atoms with E-state index in [1.165, 1.54) is 5.56 Å². The smallest absolute Gasteiger partial charge is 0.309 e. The van der Waals surface area contributed by atoms with E-state index in [0.717, 1.165) is 50.4 Å². The summed E-state index contributed by atoms with van der Waals surface area (Å²) in [6.07, 6.45) is 4.56. The maximum absolute atomic E-state index is 12.3. The van der Waals surface area contributed by atoms with Crippen molar-refractivity contribution in [3.05, 3.63) is 54.1 Å². The first-order valence-corrected chi connectivity index (χ1v) is 12.2. The highest BCUT2D eigenvalue weighted by Crippen LogP contribution is 2.35. The highest BCUT2D eigenvalue weighted by molar-refractivity contribution is 5.69. The first-order valence-electron chi connectivity index (χ1n) is 12.2. The molecule has 2 unspecified atom stereocenters. The third-order valence-electron chi connectivity index (χ3n) is 6.40. The van der Waals surface area contributed by atoms with Crippen molar-refractivity contribution in [2.45, 2.75) is 56.3 Å². The van der Waals surface area contributed by atoms with Crippen LogP contribution in [0.15, 0.2) is 48.5 Å². The number of epoxide rings is 2. The zero-order chi connectivity index (χ0) is 23.2. The Kier molecular flexibility index (Phi) is 7.51. The van der Waals surface area contributed by atoms with Gasteiger partial charge < -0.3 is 28.4 Å². The van der Waals surface area contributed by atoms with Gasteiger partial charge in [-0.3, -0.25) is 4.79 Å². The van der Waals surface area contributed by atoms with Crippen molar-refractivity contribution in [1.29, 1.82) is 0 Å². The molecule has 2 aromatic rings. The lowest BCUT2D eigenvalue weighted by Gasteiger charge is -2.28. The van der Waals surface area contributed by atoms with Gasteiger partial charge in [0.15, 0.2) is 0 Å². The molecule has 0 aromatic heterocycles. The lowest BCUT2D eigenvalue weighted by Crippen LogP contribution is -2.24. The summed E-state index contributed by atoms with van der Waals surface area (Å²) in [6, 6.07) is 15.8. The van der Waals surface area contributed by atoms with Crippen molar-refractivity contribution in [1.82, 2.24) is 0 Å². The van der Waals surface area contributed by atoms with Gasteiger partial charge in [0.2, 0.25) is 0 Å². The predicted octanol–water partition coefficient (Wildman–Crippen LogP) is 4.28. The van der Waals surface area contributed by atoms with E-state index in [0.29, 0.717) is 31.5 Å². The van der Waals surface area contributed by atoms with Gasteiger partial charge in [-0.15, -0.1) is 0 Å². The Hall–Kier alpha value is -2.77. The minimum absolute atomic E-state index is 0.00298. The van der Waals surface area contributed by atoms with Crippen LogP contribution in [0, 0.1) is 0 Å². The molecule has 3 aliphatic rings. The summed E-state index contributed by atoms with van der Waals surface area (Å²) in [4.78, 5) is 12.3. The third-order valence-corrected chi connectivity index (χ3v) is 6.40. The second kappa shape index (κ2) is 11.1.